The number of ether oxygens (including phenoxy) is 1. The van der Waals surface area contributed by atoms with Crippen molar-refractivity contribution in [1.29, 1.82) is 0 Å². The lowest BCUT2D eigenvalue weighted by Gasteiger charge is -2.21. The van der Waals surface area contributed by atoms with Gasteiger partial charge in [-0.05, 0) is 39.2 Å². The van der Waals surface area contributed by atoms with E-state index in [0.717, 1.165) is 31.9 Å². The highest BCUT2D eigenvalue weighted by molar-refractivity contribution is 4.61. The number of nitrogens with two attached hydrogens (primary N) is 1. The molecular weight excluding hydrogens is 200 g/mol. The van der Waals surface area contributed by atoms with E-state index < -0.39 is 0 Å². The van der Waals surface area contributed by atoms with Crippen molar-refractivity contribution in [2.24, 2.45) is 11.7 Å². The average molecular weight is 230 g/mol. The predicted molar refractivity (Wildman–Crippen MR) is 70.7 cm³/mol. The minimum Gasteiger partial charge on any atom is -0.385 e. The molecule has 98 valence electrons. The third-order valence-electron chi connectivity index (χ3n) is 2.87. The molecule has 2 N–H and O–H groups in total. The first-order chi connectivity index (χ1) is 7.56. The zero-order valence-corrected chi connectivity index (χ0v) is 11.5. The van der Waals surface area contributed by atoms with Crippen molar-refractivity contribution in [3.8, 4) is 0 Å². The van der Waals surface area contributed by atoms with Crippen molar-refractivity contribution in [2.75, 3.05) is 33.9 Å². The lowest BCUT2D eigenvalue weighted by atomic mass is 10.0. The van der Waals surface area contributed by atoms with Gasteiger partial charge < -0.3 is 15.4 Å². The Morgan fingerprint density at radius 2 is 1.88 bits per heavy atom. The average Bonchev–Trinajstić information content (AvgIpc) is 2.17. The summed E-state index contributed by atoms with van der Waals surface area (Å²) in [6, 6.07) is 0.353. The summed E-state index contributed by atoms with van der Waals surface area (Å²) in [6.07, 6.45) is 4.82. The van der Waals surface area contributed by atoms with E-state index in [9.17, 15) is 0 Å². The van der Waals surface area contributed by atoms with E-state index in [1.807, 2.05) is 0 Å². The maximum atomic E-state index is 5.74. The van der Waals surface area contributed by atoms with Crippen LogP contribution in [-0.4, -0.2) is 44.8 Å². The number of hydrogen-bond acceptors (Lipinski definition) is 3. The monoisotopic (exact) mass is 230 g/mol. The number of nitrogens with zero attached hydrogens (tertiary/aromatic N) is 1. The molecule has 0 aliphatic heterocycles. The van der Waals surface area contributed by atoms with Crippen LogP contribution in [0.15, 0.2) is 0 Å². The van der Waals surface area contributed by atoms with Gasteiger partial charge in [0.25, 0.3) is 0 Å². The molecule has 0 bridgehead atoms. The van der Waals surface area contributed by atoms with E-state index >= 15 is 0 Å². The van der Waals surface area contributed by atoms with Gasteiger partial charge in [-0.15, -0.1) is 0 Å². The molecule has 2 unspecified atom stereocenters. The highest BCUT2D eigenvalue weighted by Crippen LogP contribution is 2.10. The van der Waals surface area contributed by atoms with Crippen LogP contribution in [0.25, 0.3) is 0 Å². The Labute approximate surface area is 101 Å². The van der Waals surface area contributed by atoms with Gasteiger partial charge in [0.2, 0.25) is 0 Å². The van der Waals surface area contributed by atoms with Crippen molar-refractivity contribution in [3.63, 3.8) is 0 Å². The minimum absolute atomic E-state index is 0.353. The van der Waals surface area contributed by atoms with Crippen LogP contribution in [0.2, 0.25) is 0 Å². The zero-order chi connectivity index (χ0) is 12.4. The predicted octanol–water partition coefficient (Wildman–Crippen LogP) is 2.11. The van der Waals surface area contributed by atoms with E-state index in [0.29, 0.717) is 6.04 Å². The van der Waals surface area contributed by atoms with Crippen LogP contribution in [0.1, 0.15) is 39.5 Å². The molecule has 0 spiro atoms. The Hall–Kier alpha value is -0.120. The van der Waals surface area contributed by atoms with E-state index in [1.165, 1.54) is 19.4 Å². The van der Waals surface area contributed by atoms with Gasteiger partial charge in [0.15, 0.2) is 0 Å². The lowest BCUT2D eigenvalue weighted by molar-refractivity contribution is 0.174. The molecule has 0 saturated heterocycles. The fourth-order valence-corrected chi connectivity index (χ4v) is 1.98. The Morgan fingerprint density at radius 1 is 1.19 bits per heavy atom. The maximum Gasteiger partial charge on any atom is 0.0474 e. The maximum absolute atomic E-state index is 5.74. The third kappa shape index (κ3) is 10.4. The molecule has 0 aromatic carbocycles. The van der Waals surface area contributed by atoms with Gasteiger partial charge in [0, 0.05) is 32.8 Å². The Kier molecular flexibility index (Phi) is 9.99. The Bertz CT molecular complexity index is 151. The second-order valence-corrected chi connectivity index (χ2v) is 5.12. The topological polar surface area (TPSA) is 38.5 Å². The molecule has 0 aromatic heterocycles. The summed E-state index contributed by atoms with van der Waals surface area (Å²) in [7, 11) is 3.95. The van der Waals surface area contributed by atoms with Crippen molar-refractivity contribution in [3.05, 3.63) is 0 Å². The summed E-state index contributed by atoms with van der Waals surface area (Å²) in [6.45, 7) is 7.59. The first kappa shape index (κ1) is 15.9. The molecule has 0 rings (SSSR count). The smallest absolute Gasteiger partial charge is 0.0474 e. The zero-order valence-electron chi connectivity index (χ0n) is 11.5. The number of hydrogen-bond donors (Lipinski definition) is 1. The van der Waals surface area contributed by atoms with Crippen LogP contribution in [0.4, 0.5) is 0 Å². The molecule has 2 atom stereocenters. The molecule has 16 heavy (non-hydrogen) atoms. The molecular formula is C13H30N2O. The van der Waals surface area contributed by atoms with E-state index in [4.69, 9.17) is 10.5 Å². The largest absolute Gasteiger partial charge is 0.385 e. The molecule has 0 radical (unpaired) electrons. The SMILES string of the molecule is COCCCN(C)CC(C)CCCC(C)N. The van der Waals surface area contributed by atoms with E-state index in [2.05, 4.69) is 25.8 Å². The summed E-state index contributed by atoms with van der Waals surface area (Å²) in [5.74, 6) is 0.770. The van der Waals surface area contributed by atoms with Gasteiger partial charge in [0.1, 0.15) is 0 Å². The quantitative estimate of drug-likeness (QED) is 0.584. The van der Waals surface area contributed by atoms with Gasteiger partial charge in [-0.2, -0.15) is 0 Å². The van der Waals surface area contributed by atoms with Gasteiger partial charge in [-0.1, -0.05) is 13.3 Å². The summed E-state index contributed by atoms with van der Waals surface area (Å²) in [5, 5.41) is 0. The Balaban J connectivity index is 3.42. The molecule has 0 aliphatic rings. The van der Waals surface area contributed by atoms with Crippen molar-refractivity contribution in [2.45, 2.75) is 45.6 Å². The van der Waals surface area contributed by atoms with Crippen LogP contribution < -0.4 is 5.73 Å². The highest BCUT2D eigenvalue weighted by atomic mass is 16.5. The molecule has 0 amide bonds. The highest BCUT2D eigenvalue weighted by Gasteiger charge is 2.06. The molecule has 0 aliphatic carbocycles. The van der Waals surface area contributed by atoms with Crippen molar-refractivity contribution in [1.82, 2.24) is 4.90 Å². The number of rotatable bonds is 10. The molecule has 0 aromatic rings. The standard InChI is InChI=1S/C13H30N2O/c1-12(7-5-8-13(2)14)11-15(3)9-6-10-16-4/h12-13H,5-11,14H2,1-4H3. The molecule has 0 heterocycles. The van der Waals surface area contributed by atoms with Crippen LogP contribution in [-0.2, 0) is 4.74 Å². The van der Waals surface area contributed by atoms with Crippen molar-refractivity contribution >= 4 is 0 Å². The van der Waals surface area contributed by atoms with Gasteiger partial charge in [-0.3, -0.25) is 0 Å². The van der Waals surface area contributed by atoms with Crippen LogP contribution in [0, 0.1) is 5.92 Å². The second-order valence-electron chi connectivity index (χ2n) is 5.12. The summed E-state index contributed by atoms with van der Waals surface area (Å²) in [4.78, 5) is 2.40. The van der Waals surface area contributed by atoms with Crippen LogP contribution >= 0.6 is 0 Å². The molecule has 3 nitrogen and oxygen atoms in total. The van der Waals surface area contributed by atoms with Gasteiger partial charge in [0.05, 0.1) is 0 Å². The summed E-state index contributed by atoms with van der Waals surface area (Å²) < 4.78 is 5.05. The van der Waals surface area contributed by atoms with Crippen molar-refractivity contribution < 1.29 is 4.74 Å². The summed E-state index contributed by atoms with van der Waals surface area (Å²) in [5.41, 5.74) is 5.74. The first-order valence-corrected chi connectivity index (χ1v) is 6.49. The third-order valence-corrected chi connectivity index (χ3v) is 2.87. The number of methoxy groups -OCH3 is 1. The first-order valence-electron chi connectivity index (χ1n) is 6.49. The molecule has 0 fully saturated rings. The van der Waals surface area contributed by atoms with Crippen LogP contribution in [0.5, 0.6) is 0 Å². The van der Waals surface area contributed by atoms with Crippen LogP contribution in [0.3, 0.4) is 0 Å². The fraction of sp³-hybridized carbons (Fsp3) is 1.00. The fourth-order valence-electron chi connectivity index (χ4n) is 1.98. The van der Waals surface area contributed by atoms with E-state index in [-0.39, 0.29) is 0 Å². The molecule has 0 saturated carbocycles. The normalized spacial score (nSPS) is 15.4. The second kappa shape index (κ2) is 10.1. The molecule has 3 heteroatoms. The van der Waals surface area contributed by atoms with E-state index in [1.54, 1.807) is 7.11 Å². The van der Waals surface area contributed by atoms with Gasteiger partial charge in [-0.25, -0.2) is 0 Å². The summed E-state index contributed by atoms with van der Waals surface area (Å²) >= 11 is 0. The van der Waals surface area contributed by atoms with Gasteiger partial charge >= 0.3 is 0 Å². The lowest BCUT2D eigenvalue weighted by Crippen LogP contribution is -2.26. The minimum atomic E-state index is 0.353. The Morgan fingerprint density at radius 3 is 2.44 bits per heavy atom.